The molecule has 1 aromatic rings. The first-order valence-electron chi connectivity index (χ1n) is 8.55. The lowest BCUT2D eigenvalue weighted by Crippen LogP contribution is -2.49. The largest absolute Gasteiger partial charge is 0.330 e. The maximum absolute atomic E-state index is 5.87. The highest BCUT2D eigenvalue weighted by atomic mass is 15.2. The van der Waals surface area contributed by atoms with Crippen LogP contribution in [0.15, 0.2) is 30.3 Å². The number of benzene rings is 1. The van der Waals surface area contributed by atoms with Gasteiger partial charge in [0.15, 0.2) is 0 Å². The van der Waals surface area contributed by atoms with E-state index in [9.17, 15) is 0 Å². The van der Waals surface area contributed by atoms with Crippen LogP contribution >= 0.6 is 0 Å². The molecule has 1 aromatic carbocycles. The quantitative estimate of drug-likeness (QED) is 0.922. The third kappa shape index (κ3) is 4.06. The summed E-state index contributed by atoms with van der Waals surface area (Å²) in [5.74, 6) is 0.737. The summed E-state index contributed by atoms with van der Waals surface area (Å²) in [6.45, 7) is 6.98. The molecule has 0 amide bonds. The monoisotopic (exact) mass is 287 g/mol. The van der Waals surface area contributed by atoms with Crippen LogP contribution in [0.25, 0.3) is 0 Å². The van der Waals surface area contributed by atoms with E-state index in [1.165, 1.54) is 57.4 Å². The number of nitrogens with zero attached hydrogens (tertiary/aromatic N) is 2. The zero-order valence-electron chi connectivity index (χ0n) is 13.1. The molecule has 3 nitrogen and oxygen atoms in total. The zero-order valence-corrected chi connectivity index (χ0v) is 13.1. The van der Waals surface area contributed by atoms with Crippen LogP contribution in [0.4, 0.5) is 0 Å². The van der Waals surface area contributed by atoms with Crippen molar-refractivity contribution in [3.8, 4) is 0 Å². The fraction of sp³-hybridized carbons (Fsp3) is 0.667. The van der Waals surface area contributed by atoms with E-state index >= 15 is 0 Å². The van der Waals surface area contributed by atoms with Gasteiger partial charge in [-0.25, -0.2) is 0 Å². The second-order valence-electron chi connectivity index (χ2n) is 6.73. The Morgan fingerprint density at radius 1 is 1.00 bits per heavy atom. The molecule has 2 aliphatic heterocycles. The van der Waals surface area contributed by atoms with Gasteiger partial charge in [0.1, 0.15) is 0 Å². The van der Waals surface area contributed by atoms with Gasteiger partial charge in [-0.05, 0) is 63.3 Å². The molecule has 0 unspecified atom stereocenters. The summed E-state index contributed by atoms with van der Waals surface area (Å²) < 4.78 is 0. The van der Waals surface area contributed by atoms with Crippen molar-refractivity contribution in [2.45, 2.75) is 38.3 Å². The lowest BCUT2D eigenvalue weighted by Gasteiger charge is -2.42. The summed E-state index contributed by atoms with van der Waals surface area (Å²) >= 11 is 0. The average Bonchev–Trinajstić information content (AvgIpc) is 2.56. The van der Waals surface area contributed by atoms with Crippen molar-refractivity contribution in [3.05, 3.63) is 35.9 Å². The molecule has 2 N–H and O–H groups in total. The molecule has 0 saturated carbocycles. The number of hydrogen-bond donors (Lipinski definition) is 1. The Balaban J connectivity index is 1.46. The molecule has 2 fully saturated rings. The first kappa shape index (κ1) is 15.0. The van der Waals surface area contributed by atoms with Gasteiger partial charge in [0.05, 0.1) is 0 Å². The van der Waals surface area contributed by atoms with Crippen LogP contribution < -0.4 is 5.73 Å². The Morgan fingerprint density at radius 2 is 1.76 bits per heavy atom. The molecule has 0 aliphatic carbocycles. The molecular formula is C18H29N3. The Morgan fingerprint density at radius 3 is 2.48 bits per heavy atom. The van der Waals surface area contributed by atoms with Gasteiger partial charge in [-0.2, -0.15) is 0 Å². The number of nitrogens with two attached hydrogens (primary N) is 1. The summed E-state index contributed by atoms with van der Waals surface area (Å²) in [6, 6.07) is 11.7. The van der Waals surface area contributed by atoms with E-state index in [2.05, 4.69) is 40.1 Å². The summed E-state index contributed by atoms with van der Waals surface area (Å²) in [4.78, 5) is 5.33. The molecule has 0 spiro atoms. The first-order valence-corrected chi connectivity index (χ1v) is 8.55. The molecule has 2 saturated heterocycles. The van der Waals surface area contributed by atoms with Gasteiger partial charge in [0.25, 0.3) is 0 Å². The van der Waals surface area contributed by atoms with Crippen LogP contribution in [0.2, 0.25) is 0 Å². The first-order chi connectivity index (χ1) is 10.3. The molecule has 0 aromatic heterocycles. The molecule has 21 heavy (non-hydrogen) atoms. The molecule has 3 heteroatoms. The van der Waals surface area contributed by atoms with Gasteiger partial charge < -0.3 is 5.73 Å². The third-order valence-corrected chi connectivity index (χ3v) is 5.21. The fourth-order valence-electron chi connectivity index (χ4n) is 3.91. The predicted octanol–water partition coefficient (Wildman–Crippen LogP) is 2.32. The number of hydrogen-bond acceptors (Lipinski definition) is 3. The van der Waals surface area contributed by atoms with Gasteiger partial charge in [0, 0.05) is 19.1 Å². The van der Waals surface area contributed by atoms with E-state index < -0.39 is 0 Å². The second kappa shape index (κ2) is 7.39. The summed E-state index contributed by atoms with van der Waals surface area (Å²) in [5.41, 5.74) is 7.31. The zero-order chi connectivity index (χ0) is 14.5. The topological polar surface area (TPSA) is 32.5 Å². The highest BCUT2D eigenvalue weighted by Crippen LogP contribution is 2.24. The molecule has 0 radical (unpaired) electrons. The van der Waals surface area contributed by atoms with Crippen LogP contribution in [0.5, 0.6) is 0 Å². The van der Waals surface area contributed by atoms with Crippen LogP contribution in [0, 0.1) is 5.92 Å². The van der Waals surface area contributed by atoms with E-state index in [1.54, 1.807) is 0 Å². The van der Waals surface area contributed by atoms with Gasteiger partial charge in [0.2, 0.25) is 0 Å². The molecule has 2 heterocycles. The standard InChI is InChI=1S/C18H29N3/c19-13-17-7-4-10-21(15-17)18-8-11-20(12-9-18)14-16-5-2-1-3-6-16/h1-3,5-6,17-18H,4,7-15,19H2/t17-/m0/s1. The maximum atomic E-state index is 5.87. The van der Waals surface area contributed by atoms with Gasteiger partial charge in [-0.1, -0.05) is 30.3 Å². The van der Waals surface area contributed by atoms with E-state index in [0.717, 1.165) is 25.0 Å². The predicted molar refractivity (Wildman–Crippen MR) is 88.1 cm³/mol. The van der Waals surface area contributed by atoms with E-state index in [1.807, 2.05) is 0 Å². The van der Waals surface area contributed by atoms with Crippen molar-refractivity contribution in [3.63, 3.8) is 0 Å². The molecule has 1 atom stereocenters. The van der Waals surface area contributed by atoms with Crippen molar-refractivity contribution < 1.29 is 0 Å². The van der Waals surface area contributed by atoms with E-state index in [-0.39, 0.29) is 0 Å². The molecule has 3 rings (SSSR count). The Bertz CT molecular complexity index is 412. The second-order valence-corrected chi connectivity index (χ2v) is 6.73. The number of piperidine rings is 2. The lowest BCUT2D eigenvalue weighted by molar-refractivity contribution is 0.0709. The van der Waals surface area contributed by atoms with Gasteiger partial charge >= 0.3 is 0 Å². The number of likely N-dealkylation sites (tertiary alicyclic amines) is 2. The SMILES string of the molecule is NC[C@@H]1CCCN(C2CCN(Cc3ccccc3)CC2)C1. The van der Waals surface area contributed by atoms with Crippen LogP contribution in [-0.4, -0.2) is 48.6 Å². The third-order valence-electron chi connectivity index (χ3n) is 5.21. The van der Waals surface area contributed by atoms with Crippen molar-refractivity contribution in [1.29, 1.82) is 0 Å². The summed E-state index contributed by atoms with van der Waals surface area (Å²) in [7, 11) is 0. The molecular weight excluding hydrogens is 258 g/mol. The van der Waals surface area contributed by atoms with E-state index in [0.29, 0.717) is 0 Å². The van der Waals surface area contributed by atoms with Crippen molar-refractivity contribution >= 4 is 0 Å². The fourth-order valence-corrected chi connectivity index (χ4v) is 3.91. The summed E-state index contributed by atoms with van der Waals surface area (Å²) in [5, 5.41) is 0. The Kier molecular flexibility index (Phi) is 5.28. The lowest BCUT2D eigenvalue weighted by atomic mass is 9.94. The maximum Gasteiger partial charge on any atom is 0.0233 e. The van der Waals surface area contributed by atoms with Crippen LogP contribution in [0.3, 0.4) is 0 Å². The molecule has 116 valence electrons. The normalized spacial score (nSPS) is 26.0. The van der Waals surface area contributed by atoms with Gasteiger partial charge in [-0.15, -0.1) is 0 Å². The number of rotatable bonds is 4. The molecule has 0 bridgehead atoms. The highest BCUT2D eigenvalue weighted by Gasteiger charge is 2.28. The minimum Gasteiger partial charge on any atom is -0.330 e. The van der Waals surface area contributed by atoms with Crippen LogP contribution in [0.1, 0.15) is 31.2 Å². The minimum absolute atomic E-state index is 0.737. The summed E-state index contributed by atoms with van der Waals surface area (Å²) in [6.07, 6.45) is 5.32. The Labute approximate surface area is 129 Å². The van der Waals surface area contributed by atoms with E-state index in [4.69, 9.17) is 5.73 Å². The minimum atomic E-state index is 0.737. The molecule has 2 aliphatic rings. The van der Waals surface area contributed by atoms with Crippen molar-refractivity contribution in [2.75, 3.05) is 32.7 Å². The van der Waals surface area contributed by atoms with Crippen molar-refractivity contribution in [1.82, 2.24) is 9.80 Å². The average molecular weight is 287 g/mol. The van der Waals surface area contributed by atoms with Crippen molar-refractivity contribution in [2.24, 2.45) is 11.7 Å². The highest BCUT2D eigenvalue weighted by molar-refractivity contribution is 5.14. The Hall–Kier alpha value is -0.900. The smallest absolute Gasteiger partial charge is 0.0233 e. The van der Waals surface area contributed by atoms with Gasteiger partial charge in [-0.3, -0.25) is 9.80 Å². The van der Waals surface area contributed by atoms with Crippen LogP contribution in [-0.2, 0) is 6.54 Å².